The monoisotopic (exact) mass is 382 g/mol. The average Bonchev–Trinajstić information content (AvgIpc) is 3.16. The van der Waals surface area contributed by atoms with Gasteiger partial charge < -0.3 is 5.32 Å². The molecule has 1 atom stereocenters. The van der Waals surface area contributed by atoms with Crippen molar-refractivity contribution in [3.8, 4) is 0 Å². The molecule has 2 fully saturated rings. The van der Waals surface area contributed by atoms with Gasteiger partial charge >= 0.3 is 0 Å². The maximum absolute atomic E-state index is 13.1. The van der Waals surface area contributed by atoms with Crippen molar-refractivity contribution in [1.82, 2.24) is 19.5 Å². The Morgan fingerprint density at radius 1 is 1.08 bits per heavy atom. The molecular formula is C17H23ClN4O2S. The highest BCUT2D eigenvalue weighted by Crippen LogP contribution is 2.25. The van der Waals surface area contributed by atoms with Crippen LogP contribution in [0.25, 0.3) is 10.9 Å². The Morgan fingerprint density at radius 3 is 2.60 bits per heavy atom. The van der Waals surface area contributed by atoms with Gasteiger partial charge in [0.2, 0.25) is 10.0 Å². The molecule has 1 aromatic carbocycles. The van der Waals surface area contributed by atoms with Crippen LogP contribution >= 0.6 is 12.4 Å². The van der Waals surface area contributed by atoms with Gasteiger partial charge in [-0.1, -0.05) is 6.07 Å². The molecule has 2 saturated heterocycles. The molecule has 0 radical (unpaired) electrons. The van der Waals surface area contributed by atoms with Crippen molar-refractivity contribution in [3.63, 3.8) is 0 Å². The van der Waals surface area contributed by atoms with E-state index in [9.17, 15) is 8.42 Å². The molecule has 8 heteroatoms. The molecule has 0 spiro atoms. The summed E-state index contributed by atoms with van der Waals surface area (Å²) in [6.07, 6.45) is 2.84. The average molecular weight is 383 g/mol. The summed E-state index contributed by atoms with van der Waals surface area (Å²) in [6.45, 7) is 4.78. The number of halogens is 1. The molecule has 136 valence electrons. The first kappa shape index (κ1) is 18.5. The molecule has 6 nitrogen and oxygen atoms in total. The first-order valence-electron chi connectivity index (χ1n) is 8.45. The van der Waals surface area contributed by atoms with E-state index in [1.807, 2.05) is 12.1 Å². The van der Waals surface area contributed by atoms with Gasteiger partial charge in [-0.05, 0) is 37.2 Å². The summed E-state index contributed by atoms with van der Waals surface area (Å²) < 4.78 is 27.8. The lowest BCUT2D eigenvalue weighted by atomic mass is 10.2. The topological polar surface area (TPSA) is 65.5 Å². The maximum Gasteiger partial charge on any atom is 0.243 e. The van der Waals surface area contributed by atoms with Crippen LogP contribution in [0.1, 0.15) is 6.42 Å². The van der Waals surface area contributed by atoms with E-state index >= 15 is 0 Å². The first-order chi connectivity index (χ1) is 11.7. The van der Waals surface area contributed by atoms with Gasteiger partial charge in [0.05, 0.1) is 10.4 Å². The summed E-state index contributed by atoms with van der Waals surface area (Å²) in [7, 11) is -3.48. The smallest absolute Gasteiger partial charge is 0.243 e. The number of benzene rings is 1. The van der Waals surface area contributed by atoms with Gasteiger partial charge in [-0.3, -0.25) is 9.88 Å². The number of piperazine rings is 1. The fourth-order valence-electron chi connectivity index (χ4n) is 3.70. The van der Waals surface area contributed by atoms with Gasteiger partial charge in [0.1, 0.15) is 0 Å². The molecule has 1 N–H and O–H groups in total. The van der Waals surface area contributed by atoms with Gasteiger partial charge in [-0.25, -0.2) is 8.42 Å². The highest BCUT2D eigenvalue weighted by molar-refractivity contribution is 7.89. The second-order valence-electron chi connectivity index (χ2n) is 6.41. The summed E-state index contributed by atoms with van der Waals surface area (Å²) in [4.78, 5) is 7.04. The van der Waals surface area contributed by atoms with Gasteiger partial charge in [-0.2, -0.15) is 4.31 Å². The third kappa shape index (κ3) is 3.52. The summed E-state index contributed by atoms with van der Waals surface area (Å²) in [5, 5.41) is 4.07. The van der Waals surface area contributed by atoms with Crippen molar-refractivity contribution >= 4 is 33.3 Å². The number of fused-ring (bicyclic) bond motifs is 1. The standard InChI is InChI=1S/C17H22N4O2S.ClH/c22-24(23,17-5-1-4-16-15(17)3-2-7-19-16)21-11-9-20(10-12-21)14-6-8-18-13-14;/h1-5,7,14,18H,6,8-13H2;1H. The van der Waals surface area contributed by atoms with E-state index in [1.165, 1.54) is 0 Å². The molecule has 2 aromatic rings. The van der Waals surface area contributed by atoms with E-state index in [0.717, 1.165) is 32.6 Å². The second kappa shape index (κ2) is 7.55. The highest BCUT2D eigenvalue weighted by Gasteiger charge is 2.32. The number of nitrogens with one attached hydrogen (secondary N) is 1. The van der Waals surface area contributed by atoms with E-state index in [-0.39, 0.29) is 12.4 Å². The van der Waals surface area contributed by atoms with Crippen molar-refractivity contribution in [2.75, 3.05) is 39.3 Å². The van der Waals surface area contributed by atoms with Crippen LogP contribution in [0.2, 0.25) is 0 Å². The predicted molar refractivity (Wildman–Crippen MR) is 101 cm³/mol. The van der Waals surface area contributed by atoms with Crippen molar-refractivity contribution < 1.29 is 8.42 Å². The van der Waals surface area contributed by atoms with Gasteiger partial charge in [0.25, 0.3) is 0 Å². The second-order valence-corrected chi connectivity index (χ2v) is 8.32. The fraction of sp³-hybridized carbons (Fsp3) is 0.471. The maximum atomic E-state index is 13.1. The minimum atomic E-state index is -3.48. The molecule has 2 aliphatic rings. The molecule has 0 bridgehead atoms. The largest absolute Gasteiger partial charge is 0.315 e. The molecular weight excluding hydrogens is 360 g/mol. The van der Waals surface area contributed by atoms with Crippen molar-refractivity contribution in [1.29, 1.82) is 0 Å². The molecule has 2 aliphatic heterocycles. The number of sulfonamides is 1. The molecule has 0 amide bonds. The van der Waals surface area contributed by atoms with Gasteiger partial charge in [-0.15, -0.1) is 12.4 Å². The summed E-state index contributed by atoms with van der Waals surface area (Å²) >= 11 is 0. The predicted octanol–water partition coefficient (Wildman–Crippen LogP) is 1.32. The number of aromatic nitrogens is 1. The van der Waals surface area contributed by atoms with E-state index < -0.39 is 10.0 Å². The zero-order chi connectivity index (χ0) is 16.6. The summed E-state index contributed by atoms with van der Waals surface area (Å²) in [5.74, 6) is 0. The lowest BCUT2D eigenvalue weighted by molar-refractivity contribution is 0.145. The summed E-state index contributed by atoms with van der Waals surface area (Å²) in [5.41, 5.74) is 0.717. The quantitative estimate of drug-likeness (QED) is 0.867. The molecule has 3 heterocycles. The number of hydrogen-bond acceptors (Lipinski definition) is 5. The molecule has 4 rings (SSSR count). The highest BCUT2D eigenvalue weighted by atomic mass is 35.5. The van der Waals surface area contributed by atoms with E-state index in [4.69, 9.17) is 0 Å². The Kier molecular flexibility index (Phi) is 5.60. The van der Waals surface area contributed by atoms with Crippen LogP contribution in [-0.2, 0) is 10.0 Å². The Hall–Kier alpha value is -1.25. The molecule has 25 heavy (non-hydrogen) atoms. The molecule has 1 aromatic heterocycles. The molecule has 1 unspecified atom stereocenters. The Labute approximate surface area is 154 Å². The zero-order valence-electron chi connectivity index (χ0n) is 14.0. The zero-order valence-corrected chi connectivity index (χ0v) is 15.6. The third-order valence-electron chi connectivity index (χ3n) is 5.05. The van der Waals surface area contributed by atoms with Crippen LogP contribution in [0.5, 0.6) is 0 Å². The van der Waals surface area contributed by atoms with E-state index in [0.29, 0.717) is 34.9 Å². The van der Waals surface area contributed by atoms with Crippen molar-refractivity contribution in [3.05, 3.63) is 36.5 Å². The van der Waals surface area contributed by atoms with Crippen LogP contribution in [-0.4, -0.2) is 67.9 Å². The first-order valence-corrected chi connectivity index (χ1v) is 9.89. The lowest BCUT2D eigenvalue weighted by Gasteiger charge is -2.37. The fourth-order valence-corrected chi connectivity index (χ4v) is 5.32. The molecule has 0 aliphatic carbocycles. The minimum Gasteiger partial charge on any atom is -0.315 e. The molecule has 0 saturated carbocycles. The van der Waals surface area contributed by atoms with Crippen LogP contribution in [0.4, 0.5) is 0 Å². The van der Waals surface area contributed by atoms with Gasteiger partial charge in [0, 0.05) is 50.3 Å². The van der Waals surface area contributed by atoms with Crippen LogP contribution in [0.15, 0.2) is 41.4 Å². The van der Waals surface area contributed by atoms with Crippen molar-refractivity contribution in [2.45, 2.75) is 17.4 Å². The Morgan fingerprint density at radius 2 is 1.88 bits per heavy atom. The summed E-state index contributed by atoms with van der Waals surface area (Å²) in [6, 6.07) is 9.47. The third-order valence-corrected chi connectivity index (χ3v) is 7.00. The number of hydrogen-bond donors (Lipinski definition) is 1. The van der Waals surface area contributed by atoms with E-state index in [1.54, 1.807) is 28.7 Å². The van der Waals surface area contributed by atoms with Gasteiger partial charge in [0.15, 0.2) is 0 Å². The number of rotatable bonds is 3. The van der Waals surface area contributed by atoms with Crippen LogP contribution < -0.4 is 5.32 Å². The normalized spacial score (nSPS) is 22.8. The SMILES string of the molecule is Cl.O=S(=O)(c1cccc2ncccc12)N1CCN(C2CCNC2)CC1. The lowest BCUT2D eigenvalue weighted by Crippen LogP contribution is -2.52. The van der Waals surface area contributed by atoms with Crippen LogP contribution in [0.3, 0.4) is 0 Å². The minimum absolute atomic E-state index is 0. The number of nitrogens with zero attached hydrogens (tertiary/aromatic N) is 3. The van der Waals surface area contributed by atoms with E-state index in [2.05, 4.69) is 15.2 Å². The number of pyridine rings is 1. The Bertz CT molecular complexity index is 826. The van der Waals surface area contributed by atoms with Crippen LogP contribution in [0, 0.1) is 0 Å². The van der Waals surface area contributed by atoms with Crippen molar-refractivity contribution in [2.24, 2.45) is 0 Å². The Balaban J connectivity index is 0.00000182.